The molecule has 0 fully saturated rings. The third kappa shape index (κ3) is 4.10. The van der Waals surface area contributed by atoms with E-state index in [0.29, 0.717) is 18.2 Å². The molecule has 0 radical (unpaired) electrons. The number of benzene rings is 1. The van der Waals surface area contributed by atoms with Crippen molar-refractivity contribution in [2.24, 2.45) is 0 Å². The molecule has 1 heterocycles. The number of hydrogen-bond acceptors (Lipinski definition) is 5. The van der Waals surface area contributed by atoms with Crippen LogP contribution in [0.25, 0.3) is 11.3 Å². The van der Waals surface area contributed by atoms with Gasteiger partial charge in [-0.15, -0.1) is 0 Å². The molecule has 21 heavy (non-hydrogen) atoms. The quantitative estimate of drug-likeness (QED) is 0.883. The van der Waals surface area contributed by atoms with Gasteiger partial charge in [0.25, 0.3) is 0 Å². The number of hydrogen-bond donors (Lipinski definition) is 1. The average molecular weight is 287 g/mol. The zero-order valence-electron chi connectivity index (χ0n) is 12.7. The van der Waals surface area contributed by atoms with Gasteiger partial charge in [0, 0.05) is 12.1 Å². The van der Waals surface area contributed by atoms with Crippen molar-refractivity contribution < 1.29 is 9.47 Å². The lowest BCUT2D eigenvalue weighted by molar-refractivity contribution is 0.251. The first-order valence-electron chi connectivity index (χ1n) is 6.78. The van der Waals surface area contributed by atoms with Crippen LogP contribution >= 0.6 is 0 Å². The normalized spacial score (nSPS) is 10.7. The van der Waals surface area contributed by atoms with E-state index in [9.17, 15) is 0 Å². The van der Waals surface area contributed by atoms with Gasteiger partial charge in [0.1, 0.15) is 12.4 Å². The molecule has 0 aliphatic rings. The van der Waals surface area contributed by atoms with Crippen LogP contribution in [0.4, 0.5) is 5.82 Å². The van der Waals surface area contributed by atoms with E-state index in [2.05, 4.69) is 9.88 Å². The van der Waals surface area contributed by atoms with Crippen LogP contribution < -0.4 is 15.2 Å². The van der Waals surface area contributed by atoms with Crippen LogP contribution in [0.5, 0.6) is 11.5 Å². The molecule has 112 valence electrons. The molecule has 5 nitrogen and oxygen atoms in total. The molecule has 0 aliphatic heterocycles. The Bertz CT molecular complexity index is 600. The van der Waals surface area contributed by atoms with Crippen LogP contribution in [0.15, 0.2) is 36.4 Å². The number of anilines is 1. The number of ether oxygens (including phenoxy) is 2. The molecular weight excluding hydrogens is 266 g/mol. The van der Waals surface area contributed by atoms with Gasteiger partial charge in [-0.1, -0.05) is 6.07 Å². The van der Waals surface area contributed by atoms with E-state index in [0.717, 1.165) is 23.6 Å². The molecule has 0 saturated carbocycles. The van der Waals surface area contributed by atoms with Gasteiger partial charge in [-0.05, 0) is 44.4 Å². The third-order valence-electron chi connectivity index (χ3n) is 3.03. The van der Waals surface area contributed by atoms with Gasteiger partial charge >= 0.3 is 0 Å². The second kappa shape index (κ2) is 6.95. The first-order chi connectivity index (χ1) is 10.1. The maximum atomic E-state index is 5.74. The van der Waals surface area contributed by atoms with Gasteiger partial charge < -0.3 is 20.1 Å². The van der Waals surface area contributed by atoms with E-state index < -0.39 is 0 Å². The van der Waals surface area contributed by atoms with Crippen LogP contribution in [0.1, 0.15) is 0 Å². The highest BCUT2D eigenvalue weighted by Crippen LogP contribution is 2.32. The summed E-state index contributed by atoms with van der Waals surface area (Å²) in [6, 6.07) is 11.3. The summed E-state index contributed by atoms with van der Waals surface area (Å²) < 4.78 is 11.1. The van der Waals surface area contributed by atoms with Crippen molar-refractivity contribution in [3.63, 3.8) is 0 Å². The largest absolute Gasteiger partial charge is 0.493 e. The van der Waals surface area contributed by atoms with Crippen LogP contribution in [-0.4, -0.2) is 44.2 Å². The Morgan fingerprint density at radius 2 is 1.95 bits per heavy atom. The lowest BCUT2D eigenvalue weighted by atomic mass is 10.1. The minimum atomic E-state index is 0.498. The van der Waals surface area contributed by atoms with Gasteiger partial charge in [0.05, 0.1) is 12.8 Å². The van der Waals surface area contributed by atoms with E-state index in [-0.39, 0.29) is 0 Å². The Kier molecular flexibility index (Phi) is 5.00. The van der Waals surface area contributed by atoms with Crippen LogP contribution in [-0.2, 0) is 0 Å². The number of likely N-dealkylation sites (N-methyl/N-ethyl adjacent to an activating group) is 1. The summed E-state index contributed by atoms with van der Waals surface area (Å²) in [5, 5.41) is 0. The van der Waals surface area contributed by atoms with Gasteiger partial charge in [0.2, 0.25) is 0 Å². The Hall–Kier alpha value is -2.27. The molecule has 0 amide bonds. The van der Waals surface area contributed by atoms with Crippen molar-refractivity contribution in [1.82, 2.24) is 9.88 Å². The van der Waals surface area contributed by atoms with Crippen molar-refractivity contribution in [2.45, 2.75) is 0 Å². The van der Waals surface area contributed by atoms with E-state index in [1.807, 2.05) is 44.4 Å². The summed E-state index contributed by atoms with van der Waals surface area (Å²) in [6.07, 6.45) is 0. The molecule has 2 aromatic rings. The SMILES string of the molecule is COc1cc(-c2cccc(N)n2)ccc1OCCN(C)C. The Labute approximate surface area is 125 Å². The minimum Gasteiger partial charge on any atom is -0.493 e. The van der Waals surface area contributed by atoms with E-state index >= 15 is 0 Å². The Balaban J connectivity index is 2.19. The predicted octanol–water partition coefficient (Wildman–Crippen LogP) is 2.28. The van der Waals surface area contributed by atoms with Crippen molar-refractivity contribution >= 4 is 5.82 Å². The highest BCUT2D eigenvalue weighted by atomic mass is 16.5. The van der Waals surface area contributed by atoms with Gasteiger partial charge in [-0.2, -0.15) is 0 Å². The number of pyridine rings is 1. The van der Waals surface area contributed by atoms with Gasteiger partial charge in [-0.25, -0.2) is 4.98 Å². The smallest absolute Gasteiger partial charge is 0.161 e. The number of nitrogens with zero attached hydrogens (tertiary/aromatic N) is 2. The maximum absolute atomic E-state index is 5.74. The summed E-state index contributed by atoms with van der Waals surface area (Å²) in [7, 11) is 5.65. The predicted molar refractivity (Wildman–Crippen MR) is 84.7 cm³/mol. The Morgan fingerprint density at radius 1 is 1.14 bits per heavy atom. The molecule has 0 atom stereocenters. The van der Waals surface area contributed by atoms with Crippen LogP contribution in [0, 0.1) is 0 Å². The molecule has 0 aliphatic carbocycles. The van der Waals surface area contributed by atoms with E-state index in [1.54, 1.807) is 13.2 Å². The standard InChI is InChI=1S/C16H21N3O2/c1-19(2)9-10-21-14-8-7-12(11-15(14)20-3)13-5-4-6-16(17)18-13/h4-8,11H,9-10H2,1-3H3,(H2,17,18). The highest BCUT2D eigenvalue weighted by molar-refractivity contribution is 5.65. The molecule has 5 heteroatoms. The van der Waals surface area contributed by atoms with E-state index in [4.69, 9.17) is 15.2 Å². The topological polar surface area (TPSA) is 60.6 Å². The minimum absolute atomic E-state index is 0.498. The second-order valence-electron chi connectivity index (χ2n) is 4.97. The number of rotatable bonds is 6. The molecule has 0 unspecified atom stereocenters. The summed E-state index contributed by atoms with van der Waals surface area (Å²) in [5.41, 5.74) is 7.48. The van der Waals surface area contributed by atoms with Gasteiger partial charge in [-0.3, -0.25) is 0 Å². The Morgan fingerprint density at radius 3 is 2.62 bits per heavy atom. The monoisotopic (exact) mass is 287 g/mol. The van der Waals surface area contributed by atoms with Crippen molar-refractivity contribution in [3.8, 4) is 22.8 Å². The van der Waals surface area contributed by atoms with Crippen molar-refractivity contribution in [3.05, 3.63) is 36.4 Å². The van der Waals surface area contributed by atoms with Crippen molar-refractivity contribution in [2.75, 3.05) is 40.1 Å². The summed E-state index contributed by atoms with van der Waals surface area (Å²) in [5.74, 6) is 1.92. The third-order valence-corrected chi connectivity index (χ3v) is 3.03. The molecule has 2 rings (SSSR count). The fourth-order valence-corrected chi connectivity index (χ4v) is 1.90. The second-order valence-corrected chi connectivity index (χ2v) is 4.97. The lowest BCUT2D eigenvalue weighted by Crippen LogP contribution is -2.19. The number of methoxy groups -OCH3 is 1. The number of nitrogen functional groups attached to an aromatic ring is 1. The molecule has 2 N–H and O–H groups in total. The molecule has 0 spiro atoms. The molecule has 0 bridgehead atoms. The summed E-state index contributed by atoms with van der Waals surface area (Å²) in [4.78, 5) is 6.38. The molecule has 0 saturated heterocycles. The van der Waals surface area contributed by atoms with Crippen LogP contribution in [0.2, 0.25) is 0 Å². The lowest BCUT2D eigenvalue weighted by Gasteiger charge is -2.14. The zero-order valence-corrected chi connectivity index (χ0v) is 12.7. The maximum Gasteiger partial charge on any atom is 0.161 e. The summed E-state index contributed by atoms with van der Waals surface area (Å²) in [6.45, 7) is 1.46. The van der Waals surface area contributed by atoms with Gasteiger partial charge in [0.15, 0.2) is 11.5 Å². The fourth-order valence-electron chi connectivity index (χ4n) is 1.90. The van der Waals surface area contributed by atoms with Crippen LogP contribution in [0.3, 0.4) is 0 Å². The molecular formula is C16H21N3O2. The highest BCUT2D eigenvalue weighted by Gasteiger charge is 2.08. The fraction of sp³-hybridized carbons (Fsp3) is 0.312. The molecule has 1 aromatic carbocycles. The number of nitrogens with two attached hydrogens (primary N) is 1. The molecule has 1 aromatic heterocycles. The average Bonchev–Trinajstić information content (AvgIpc) is 2.47. The summed E-state index contributed by atoms with van der Waals surface area (Å²) >= 11 is 0. The zero-order chi connectivity index (χ0) is 15.2. The number of aromatic nitrogens is 1. The first kappa shape index (κ1) is 15.1. The first-order valence-corrected chi connectivity index (χ1v) is 6.78. The van der Waals surface area contributed by atoms with Crippen molar-refractivity contribution in [1.29, 1.82) is 0 Å². The van der Waals surface area contributed by atoms with E-state index in [1.165, 1.54) is 0 Å².